The minimum atomic E-state index is -0.485. The Morgan fingerprint density at radius 3 is 2.19 bits per heavy atom. The number of amides is 1. The predicted molar refractivity (Wildman–Crippen MR) is 65.6 cm³/mol. The minimum Gasteiger partial charge on any atom is -0.355 e. The number of carbonyl (C=O) groups excluding carboxylic acids is 1. The van der Waals surface area contributed by atoms with Gasteiger partial charge >= 0.3 is 0 Å². The van der Waals surface area contributed by atoms with Crippen molar-refractivity contribution in [2.75, 3.05) is 6.54 Å². The Balaban J connectivity index is 4.08. The van der Waals surface area contributed by atoms with Gasteiger partial charge in [-0.2, -0.15) is 5.26 Å². The maximum Gasteiger partial charge on any atom is 0.220 e. The first-order valence-electron chi connectivity index (χ1n) is 5.76. The van der Waals surface area contributed by atoms with Crippen LogP contribution in [0.1, 0.15) is 48.0 Å². The third-order valence-electron chi connectivity index (χ3n) is 3.00. The molecule has 16 heavy (non-hydrogen) atoms. The third-order valence-corrected chi connectivity index (χ3v) is 3.00. The van der Waals surface area contributed by atoms with E-state index in [2.05, 4.69) is 39.1 Å². The van der Waals surface area contributed by atoms with Gasteiger partial charge in [0.1, 0.15) is 0 Å². The molecule has 1 atom stereocenters. The summed E-state index contributed by atoms with van der Waals surface area (Å²) in [5.41, 5.74) is -0.345. The Morgan fingerprint density at radius 2 is 1.81 bits per heavy atom. The van der Waals surface area contributed by atoms with Gasteiger partial charge in [0, 0.05) is 13.0 Å². The molecular formula is C13H24N2O. The van der Waals surface area contributed by atoms with E-state index in [0.29, 0.717) is 18.9 Å². The van der Waals surface area contributed by atoms with E-state index >= 15 is 0 Å². The van der Waals surface area contributed by atoms with Gasteiger partial charge in [-0.05, 0) is 25.2 Å². The molecule has 1 amide bonds. The average molecular weight is 224 g/mol. The minimum absolute atomic E-state index is 0.0331. The molecule has 0 aromatic heterocycles. The zero-order valence-corrected chi connectivity index (χ0v) is 11.3. The molecule has 0 radical (unpaired) electrons. The molecule has 1 N–H and O–H groups in total. The van der Waals surface area contributed by atoms with E-state index in [1.807, 2.05) is 13.8 Å². The van der Waals surface area contributed by atoms with Gasteiger partial charge in [-0.15, -0.1) is 0 Å². The quantitative estimate of drug-likeness (QED) is 0.798. The van der Waals surface area contributed by atoms with E-state index < -0.39 is 5.41 Å². The molecule has 0 fully saturated rings. The van der Waals surface area contributed by atoms with Crippen LogP contribution in [0.2, 0.25) is 0 Å². The fourth-order valence-electron chi connectivity index (χ4n) is 1.02. The fourth-order valence-corrected chi connectivity index (χ4v) is 1.02. The zero-order valence-electron chi connectivity index (χ0n) is 11.3. The molecule has 0 saturated carbocycles. The van der Waals surface area contributed by atoms with E-state index in [4.69, 9.17) is 5.26 Å². The van der Waals surface area contributed by atoms with Gasteiger partial charge < -0.3 is 5.32 Å². The standard InChI is InChI=1S/C13H24N2O/c1-10(12(2,3)4)7-11(16)15-9-13(5,6)8-14/h10H,7,9H2,1-6H3,(H,15,16). The molecule has 92 valence electrons. The highest BCUT2D eigenvalue weighted by Crippen LogP contribution is 2.27. The van der Waals surface area contributed by atoms with Crippen molar-refractivity contribution in [1.82, 2.24) is 5.32 Å². The summed E-state index contributed by atoms with van der Waals surface area (Å²) in [6.07, 6.45) is 0.519. The fraction of sp³-hybridized carbons (Fsp3) is 0.846. The molecule has 0 bridgehead atoms. The van der Waals surface area contributed by atoms with Gasteiger partial charge in [0.15, 0.2) is 0 Å². The number of nitrogens with zero attached hydrogens (tertiary/aromatic N) is 1. The van der Waals surface area contributed by atoms with Crippen molar-refractivity contribution in [2.24, 2.45) is 16.7 Å². The number of nitriles is 1. The lowest BCUT2D eigenvalue weighted by atomic mass is 9.80. The first kappa shape index (κ1) is 15.0. The van der Waals surface area contributed by atoms with Gasteiger partial charge in [0.2, 0.25) is 5.91 Å². The number of carbonyl (C=O) groups is 1. The monoisotopic (exact) mass is 224 g/mol. The van der Waals surface area contributed by atoms with Gasteiger partial charge in [0.05, 0.1) is 11.5 Å². The predicted octanol–water partition coefficient (Wildman–Crippen LogP) is 2.72. The normalized spacial score (nSPS) is 14.1. The lowest BCUT2D eigenvalue weighted by molar-refractivity contribution is -0.123. The molecule has 0 heterocycles. The number of rotatable bonds is 4. The Hall–Kier alpha value is -1.04. The van der Waals surface area contributed by atoms with Crippen LogP contribution in [-0.4, -0.2) is 12.5 Å². The molecule has 1 unspecified atom stereocenters. The number of nitrogens with one attached hydrogen (secondary N) is 1. The number of hydrogen-bond acceptors (Lipinski definition) is 2. The molecule has 0 spiro atoms. The van der Waals surface area contributed by atoms with E-state index in [0.717, 1.165) is 0 Å². The maximum absolute atomic E-state index is 11.6. The molecule has 0 aromatic rings. The smallest absolute Gasteiger partial charge is 0.220 e. The molecule has 3 heteroatoms. The van der Waals surface area contributed by atoms with Crippen LogP contribution in [0.15, 0.2) is 0 Å². The molecular weight excluding hydrogens is 200 g/mol. The summed E-state index contributed by atoms with van der Waals surface area (Å²) < 4.78 is 0. The molecule has 0 saturated heterocycles. The molecule has 3 nitrogen and oxygen atoms in total. The summed E-state index contributed by atoms with van der Waals surface area (Å²) in [7, 11) is 0. The Labute approximate surface area is 99.2 Å². The SMILES string of the molecule is CC(CC(=O)NCC(C)(C)C#N)C(C)(C)C. The van der Waals surface area contributed by atoms with Crippen molar-refractivity contribution >= 4 is 5.91 Å². The van der Waals surface area contributed by atoms with Crippen molar-refractivity contribution in [3.63, 3.8) is 0 Å². The summed E-state index contributed by atoms with van der Waals surface area (Å²) >= 11 is 0. The molecule has 0 aliphatic heterocycles. The summed E-state index contributed by atoms with van der Waals surface area (Å²) in [5, 5.41) is 11.6. The lowest BCUT2D eigenvalue weighted by Crippen LogP contribution is -2.35. The zero-order chi connectivity index (χ0) is 13.0. The average Bonchev–Trinajstić information content (AvgIpc) is 2.13. The lowest BCUT2D eigenvalue weighted by Gasteiger charge is -2.27. The van der Waals surface area contributed by atoms with E-state index in [1.165, 1.54) is 0 Å². The number of hydrogen-bond donors (Lipinski definition) is 1. The van der Waals surface area contributed by atoms with E-state index in [9.17, 15) is 4.79 Å². The highest BCUT2D eigenvalue weighted by Gasteiger charge is 2.23. The van der Waals surface area contributed by atoms with Crippen LogP contribution < -0.4 is 5.32 Å². The first-order valence-corrected chi connectivity index (χ1v) is 5.76. The first-order chi connectivity index (χ1) is 7.08. The Bertz CT molecular complexity index is 281. The Kier molecular flexibility index (Phi) is 4.99. The van der Waals surface area contributed by atoms with Crippen molar-refractivity contribution in [2.45, 2.75) is 48.0 Å². The van der Waals surface area contributed by atoms with Crippen LogP contribution in [-0.2, 0) is 4.79 Å². The van der Waals surface area contributed by atoms with Crippen LogP contribution in [0.4, 0.5) is 0 Å². The molecule has 0 aromatic carbocycles. The van der Waals surface area contributed by atoms with Crippen molar-refractivity contribution < 1.29 is 4.79 Å². The second kappa shape index (κ2) is 5.34. The topological polar surface area (TPSA) is 52.9 Å². The van der Waals surface area contributed by atoms with Crippen LogP contribution in [0, 0.1) is 28.1 Å². The van der Waals surface area contributed by atoms with E-state index in [-0.39, 0.29) is 11.3 Å². The summed E-state index contributed by atoms with van der Waals surface area (Å²) in [5.74, 6) is 0.364. The summed E-state index contributed by atoms with van der Waals surface area (Å²) in [6.45, 7) is 12.5. The van der Waals surface area contributed by atoms with Gasteiger partial charge in [0.25, 0.3) is 0 Å². The van der Waals surface area contributed by atoms with Gasteiger partial charge in [-0.1, -0.05) is 27.7 Å². The summed E-state index contributed by atoms with van der Waals surface area (Å²) in [6, 6.07) is 2.17. The van der Waals surface area contributed by atoms with Crippen LogP contribution >= 0.6 is 0 Å². The molecule has 0 rings (SSSR count). The highest BCUT2D eigenvalue weighted by molar-refractivity contribution is 5.76. The van der Waals surface area contributed by atoms with Crippen LogP contribution in [0.5, 0.6) is 0 Å². The van der Waals surface area contributed by atoms with Crippen LogP contribution in [0.25, 0.3) is 0 Å². The second-order valence-corrected chi connectivity index (χ2v) is 6.24. The maximum atomic E-state index is 11.6. The third kappa shape index (κ3) is 5.75. The highest BCUT2D eigenvalue weighted by atomic mass is 16.1. The largest absolute Gasteiger partial charge is 0.355 e. The van der Waals surface area contributed by atoms with E-state index in [1.54, 1.807) is 0 Å². The van der Waals surface area contributed by atoms with Crippen molar-refractivity contribution in [3.8, 4) is 6.07 Å². The van der Waals surface area contributed by atoms with Gasteiger partial charge in [-0.25, -0.2) is 0 Å². The Morgan fingerprint density at radius 1 is 1.31 bits per heavy atom. The molecule has 0 aliphatic rings. The van der Waals surface area contributed by atoms with Gasteiger partial charge in [-0.3, -0.25) is 4.79 Å². The molecule has 0 aliphatic carbocycles. The van der Waals surface area contributed by atoms with Crippen LogP contribution in [0.3, 0.4) is 0 Å². The summed E-state index contributed by atoms with van der Waals surface area (Å²) in [4.78, 5) is 11.6. The van der Waals surface area contributed by atoms with Crippen molar-refractivity contribution in [3.05, 3.63) is 0 Å². The second-order valence-electron chi connectivity index (χ2n) is 6.24. The van der Waals surface area contributed by atoms with Crippen molar-refractivity contribution in [1.29, 1.82) is 5.26 Å².